The molecule has 33 heavy (non-hydrogen) atoms. The van der Waals surface area contributed by atoms with Crippen LogP contribution in [0.3, 0.4) is 0 Å². The summed E-state index contributed by atoms with van der Waals surface area (Å²) >= 11 is 3.73. The first-order valence-electron chi connectivity index (χ1n) is 12.0. The summed E-state index contributed by atoms with van der Waals surface area (Å²) in [6, 6.07) is 19.6. The van der Waals surface area contributed by atoms with Crippen LogP contribution in [-0.4, -0.2) is 42.2 Å². The predicted octanol–water partition coefficient (Wildman–Crippen LogP) is 5.86. The Hall–Kier alpha value is -2.64. The van der Waals surface area contributed by atoms with E-state index in [9.17, 15) is 0 Å². The topological polar surface area (TPSA) is 56.3 Å². The van der Waals surface area contributed by atoms with Gasteiger partial charge in [0, 0.05) is 55.5 Å². The molecule has 0 atom stereocenters. The van der Waals surface area contributed by atoms with Crippen LogP contribution in [0.4, 0.5) is 28.8 Å². The smallest absolute Gasteiger partial charge is 0.229 e. The van der Waals surface area contributed by atoms with Crippen LogP contribution in [-0.2, 0) is 0 Å². The van der Waals surface area contributed by atoms with Gasteiger partial charge in [-0.25, -0.2) is 4.98 Å². The van der Waals surface area contributed by atoms with Crippen molar-refractivity contribution >= 4 is 44.8 Å². The van der Waals surface area contributed by atoms with Crippen LogP contribution >= 0.6 is 15.9 Å². The lowest BCUT2D eigenvalue weighted by Crippen LogP contribution is -2.43. The highest BCUT2D eigenvalue weighted by Gasteiger charge is 2.26. The number of benzene rings is 2. The van der Waals surface area contributed by atoms with E-state index in [1.165, 1.54) is 43.5 Å². The van der Waals surface area contributed by atoms with Crippen molar-refractivity contribution in [2.75, 3.05) is 41.3 Å². The molecular weight excluding hydrogens is 476 g/mol. The minimum atomic E-state index is 0.443. The molecule has 2 N–H and O–H groups in total. The molecule has 1 aliphatic carbocycles. The van der Waals surface area contributed by atoms with Crippen LogP contribution < -0.4 is 20.4 Å². The fraction of sp³-hybridized carbons (Fsp3) is 0.385. The van der Waals surface area contributed by atoms with Crippen molar-refractivity contribution in [3.8, 4) is 0 Å². The molecule has 172 valence electrons. The molecule has 2 aliphatic rings. The van der Waals surface area contributed by atoms with Crippen LogP contribution in [0.25, 0.3) is 0 Å². The second-order valence-corrected chi connectivity index (χ2v) is 9.63. The van der Waals surface area contributed by atoms with Gasteiger partial charge in [0.1, 0.15) is 0 Å². The summed E-state index contributed by atoms with van der Waals surface area (Å²) in [5.41, 5.74) is 3.42. The second kappa shape index (κ2) is 10.5. The first-order chi connectivity index (χ1) is 16.3. The van der Waals surface area contributed by atoms with E-state index in [-0.39, 0.29) is 0 Å². The van der Waals surface area contributed by atoms with Crippen LogP contribution in [0.15, 0.2) is 65.3 Å². The van der Waals surface area contributed by atoms with Crippen molar-refractivity contribution in [3.05, 3.63) is 65.3 Å². The number of rotatable bonds is 6. The zero-order chi connectivity index (χ0) is 22.5. The number of anilines is 5. The van der Waals surface area contributed by atoms with Crippen molar-refractivity contribution in [1.29, 1.82) is 0 Å². The Bertz CT molecular complexity index is 1030. The van der Waals surface area contributed by atoms with Crippen molar-refractivity contribution < 1.29 is 0 Å². The van der Waals surface area contributed by atoms with E-state index in [1.807, 2.05) is 6.20 Å². The number of hydrogen-bond donors (Lipinski definition) is 2. The molecule has 0 spiro atoms. The summed E-state index contributed by atoms with van der Waals surface area (Å²) in [5, 5.41) is 6.81. The fourth-order valence-electron chi connectivity index (χ4n) is 4.83. The van der Waals surface area contributed by atoms with Gasteiger partial charge < -0.3 is 20.4 Å². The number of aromatic nitrogens is 2. The number of halogens is 1. The molecule has 1 aromatic heterocycles. The molecular formula is C26H31BrN6. The van der Waals surface area contributed by atoms with E-state index in [4.69, 9.17) is 4.98 Å². The SMILES string of the molecule is Brc1cnc(Nc2ccc(N3CCNCC3)cc2)nc1N(c1ccccc1)C1CCCCC1. The van der Waals surface area contributed by atoms with Crippen molar-refractivity contribution in [1.82, 2.24) is 15.3 Å². The first-order valence-corrected chi connectivity index (χ1v) is 12.8. The molecule has 2 aromatic carbocycles. The molecule has 0 bridgehead atoms. The third kappa shape index (κ3) is 5.31. The quantitative estimate of drug-likeness (QED) is 0.436. The van der Waals surface area contributed by atoms with E-state index in [0.29, 0.717) is 12.0 Å². The Morgan fingerprint density at radius 3 is 2.39 bits per heavy atom. The van der Waals surface area contributed by atoms with Gasteiger partial charge >= 0.3 is 0 Å². The number of para-hydroxylation sites is 1. The van der Waals surface area contributed by atoms with Gasteiger partial charge in [-0.2, -0.15) is 4.98 Å². The van der Waals surface area contributed by atoms with Crippen molar-refractivity contribution in [2.45, 2.75) is 38.1 Å². The van der Waals surface area contributed by atoms with Gasteiger partial charge in [-0.1, -0.05) is 37.5 Å². The van der Waals surface area contributed by atoms with E-state index >= 15 is 0 Å². The molecule has 0 unspecified atom stereocenters. The third-order valence-corrected chi connectivity index (χ3v) is 7.09. The zero-order valence-electron chi connectivity index (χ0n) is 18.9. The van der Waals surface area contributed by atoms with E-state index in [2.05, 4.69) is 95.9 Å². The van der Waals surface area contributed by atoms with E-state index in [1.54, 1.807) is 0 Å². The fourth-order valence-corrected chi connectivity index (χ4v) is 5.21. The van der Waals surface area contributed by atoms with Gasteiger partial charge in [-0.15, -0.1) is 0 Å². The lowest BCUT2D eigenvalue weighted by Gasteiger charge is -2.36. The maximum absolute atomic E-state index is 4.97. The highest BCUT2D eigenvalue weighted by atomic mass is 79.9. The van der Waals surface area contributed by atoms with E-state index < -0.39 is 0 Å². The second-order valence-electron chi connectivity index (χ2n) is 8.77. The van der Waals surface area contributed by atoms with Gasteiger partial charge in [0.2, 0.25) is 5.95 Å². The lowest BCUT2D eigenvalue weighted by atomic mass is 9.93. The largest absolute Gasteiger partial charge is 0.369 e. The maximum atomic E-state index is 4.97. The zero-order valence-corrected chi connectivity index (χ0v) is 20.5. The molecule has 2 fully saturated rings. The van der Waals surface area contributed by atoms with Crippen molar-refractivity contribution in [2.24, 2.45) is 0 Å². The molecule has 1 aliphatic heterocycles. The molecule has 6 nitrogen and oxygen atoms in total. The first kappa shape index (κ1) is 22.2. The average molecular weight is 507 g/mol. The highest BCUT2D eigenvalue weighted by molar-refractivity contribution is 9.10. The van der Waals surface area contributed by atoms with Gasteiger partial charge in [-0.05, 0) is 65.2 Å². The predicted molar refractivity (Wildman–Crippen MR) is 140 cm³/mol. The standard InChI is InChI=1S/C26H31BrN6/c27-24-19-29-26(30-20-11-13-21(14-12-20)32-17-15-28-16-18-32)31-25(24)33(22-7-3-1-4-8-22)23-9-5-2-6-10-23/h1,3-4,7-8,11-14,19,23,28H,2,5-6,9-10,15-18H2,(H,29,30,31). The molecule has 1 saturated heterocycles. The minimum Gasteiger partial charge on any atom is -0.369 e. The van der Waals surface area contributed by atoms with Gasteiger partial charge in [-0.3, -0.25) is 0 Å². The maximum Gasteiger partial charge on any atom is 0.229 e. The molecule has 2 heterocycles. The molecule has 1 saturated carbocycles. The summed E-state index contributed by atoms with van der Waals surface area (Å²) in [7, 11) is 0. The lowest BCUT2D eigenvalue weighted by molar-refractivity contribution is 0.434. The molecule has 0 radical (unpaired) electrons. The average Bonchev–Trinajstić information content (AvgIpc) is 2.88. The van der Waals surface area contributed by atoms with Gasteiger partial charge in [0.25, 0.3) is 0 Å². The summed E-state index contributed by atoms with van der Waals surface area (Å²) in [6.45, 7) is 4.16. The Morgan fingerprint density at radius 2 is 1.67 bits per heavy atom. The van der Waals surface area contributed by atoms with E-state index in [0.717, 1.165) is 42.2 Å². The van der Waals surface area contributed by atoms with Crippen molar-refractivity contribution in [3.63, 3.8) is 0 Å². The number of hydrogen-bond acceptors (Lipinski definition) is 6. The number of nitrogens with one attached hydrogen (secondary N) is 2. The Labute approximate surface area is 204 Å². The molecule has 7 heteroatoms. The van der Waals surface area contributed by atoms with Crippen LogP contribution in [0.5, 0.6) is 0 Å². The summed E-state index contributed by atoms with van der Waals surface area (Å²) < 4.78 is 0.913. The highest BCUT2D eigenvalue weighted by Crippen LogP contribution is 2.37. The van der Waals surface area contributed by atoms with Crippen LogP contribution in [0, 0.1) is 0 Å². The van der Waals surface area contributed by atoms with Gasteiger partial charge in [0.15, 0.2) is 5.82 Å². The van der Waals surface area contributed by atoms with Gasteiger partial charge in [0.05, 0.1) is 4.47 Å². The summed E-state index contributed by atoms with van der Waals surface area (Å²) in [5.74, 6) is 1.53. The number of nitrogens with zero attached hydrogens (tertiary/aromatic N) is 4. The third-order valence-electron chi connectivity index (χ3n) is 6.53. The Balaban J connectivity index is 1.39. The molecule has 0 amide bonds. The molecule has 5 rings (SSSR count). The normalized spacial score (nSPS) is 17.1. The summed E-state index contributed by atoms with van der Waals surface area (Å²) in [6.07, 6.45) is 8.07. The Morgan fingerprint density at radius 1 is 0.939 bits per heavy atom. The Kier molecular flexibility index (Phi) is 7.07. The van der Waals surface area contributed by atoms with Crippen LogP contribution in [0.2, 0.25) is 0 Å². The van der Waals surface area contributed by atoms with Crippen LogP contribution in [0.1, 0.15) is 32.1 Å². The summed E-state index contributed by atoms with van der Waals surface area (Å²) in [4.78, 5) is 14.3. The number of piperazine rings is 1. The monoisotopic (exact) mass is 506 g/mol. The minimum absolute atomic E-state index is 0.443. The molecule has 3 aromatic rings.